The van der Waals surface area contributed by atoms with Crippen LogP contribution >= 0.6 is 0 Å². The van der Waals surface area contributed by atoms with Gasteiger partial charge in [-0.25, -0.2) is 8.78 Å². The molecule has 0 spiro atoms. The van der Waals surface area contributed by atoms with Gasteiger partial charge in [0.25, 0.3) is 0 Å². The number of piperidine rings is 1. The van der Waals surface area contributed by atoms with E-state index in [9.17, 15) is 13.6 Å². The first-order chi connectivity index (χ1) is 12.0. The standard InChI is InChI=1S/C18H20F2N4O/c1-12-2-5-17(23-22-12)24-8-6-13(7-9-24)18(25)21-11-14-3-4-15(19)10-16(14)20/h2-5,10,13H,6-9,11H2,1H3,(H,21,25). The van der Waals surface area contributed by atoms with Crippen molar-refractivity contribution in [2.75, 3.05) is 18.0 Å². The number of amides is 1. The van der Waals surface area contributed by atoms with Gasteiger partial charge in [0.1, 0.15) is 11.6 Å². The number of aryl methyl sites for hydroxylation is 1. The molecule has 1 aliphatic heterocycles. The summed E-state index contributed by atoms with van der Waals surface area (Å²) in [6.45, 7) is 3.40. The Bertz CT molecular complexity index is 743. The van der Waals surface area contributed by atoms with Gasteiger partial charge in [-0.15, -0.1) is 5.10 Å². The van der Waals surface area contributed by atoms with Crippen molar-refractivity contribution in [1.82, 2.24) is 15.5 Å². The molecule has 0 bridgehead atoms. The summed E-state index contributed by atoms with van der Waals surface area (Å²) in [7, 11) is 0. The SMILES string of the molecule is Cc1ccc(N2CCC(C(=O)NCc3ccc(F)cc3F)CC2)nn1. The summed E-state index contributed by atoms with van der Waals surface area (Å²) in [6, 6.07) is 7.20. The predicted molar refractivity (Wildman–Crippen MR) is 89.9 cm³/mol. The van der Waals surface area contributed by atoms with Crippen molar-refractivity contribution in [3.63, 3.8) is 0 Å². The molecule has 3 rings (SSSR count). The molecular weight excluding hydrogens is 326 g/mol. The number of aromatic nitrogens is 2. The average molecular weight is 346 g/mol. The number of carbonyl (C=O) groups is 1. The Morgan fingerprint density at radius 1 is 1.20 bits per heavy atom. The predicted octanol–water partition coefficient (Wildman–Crippen LogP) is 2.60. The van der Waals surface area contributed by atoms with E-state index < -0.39 is 11.6 Å². The van der Waals surface area contributed by atoms with Gasteiger partial charge in [-0.2, -0.15) is 5.10 Å². The molecule has 1 fully saturated rings. The van der Waals surface area contributed by atoms with Gasteiger partial charge in [0.2, 0.25) is 5.91 Å². The van der Waals surface area contributed by atoms with Gasteiger partial charge in [0.05, 0.1) is 5.69 Å². The molecule has 0 radical (unpaired) electrons. The van der Waals surface area contributed by atoms with Gasteiger partial charge in [0.15, 0.2) is 5.82 Å². The lowest BCUT2D eigenvalue weighted by Gasteiger charge is -2.31. The summed E-state index contributed by atoms with van der Waals surface area (Å²) in [6.07, 6.45) is 1.40. The first-order valence-electron chi connectivity index (χ1n) is 8.30. The second-order valence-corrected chi connectivity index (χ2v) is 6.25. The molecule has 1 aliphatic rings. The van der Waals surface area contributed by atoms with Crippen LogP contribution in [0.15, 0.2) is 30.3 Å². The van der Waals surface area contributed by atoms with Crippen LogP contribution in [0.5, 0.6) is 0 Å². The monoisotopic (exact) mass is 346 g/mol. The molecule has 1 N–H and O–H groups in total. The summed E-state index contributed by atoms with van der Waals surface area (Å²) < 4.78 is 26.5. The molecule has 1 aromatic heterocycles. The van der Waals surface area contributed by atoms with E-state index >= 15 is 0 Å². The molecule has 25 heavy (non-hydrogen) atoms. The number of benzene rings is 1. The van der Waals surface area contributed by atoms with Gasteiger partial charge in [-0.3, -0.25) is 4.79 Å². The molecule has 0 atom stereocenters. The van der Waals surface area contributed by atoms with Crippen molar-refractivity contribution in [3.05, 3.63) is 53.2 Å². The maximum absolute atomic E-state index is 13.6. The van der Waals surface area contributed by atoms with Crippen LogP contribution in [-0.2, 0) is 11.3 Å². The van der Waals surface area contributed by atoms with Crippen LogP contribution in [0.3, 0.4) is 0 Å². The highest BCUT2D eigenvalue weighted by Gasteiger charge is 2.25. The summed E-state index contributed by atoms with van der Waals surface area (Å²) in [5.41, 5.74) is 1.15. The van der Waals surface area contributed by atoms with Crippen LogP contribution in [0.2, 0.25) is 0 Å². The van der Waals surface area contributed by atoms with Crippen LogP contribution in [-0.4, -0.2) is 29.2 Å². The Morgan fingerprint density at radius 2 is 1.96 bits per heavy atom. The van der Waals surface area contributed by atoms with Gasteiger partial charge in [-0.05, 0) is 38.0 Å². The number of halogens is 2. The third kappa shape index (κ3) is 4.29. The van der Waals surface area contributed by atoms with Crippen molar-refractivity contribution in [2.24, 2.45) is 5.92 Å². The number of nitrogens with zero attached hydrogens (tertiary/aromatic N) is 3. The molecule has 7 heteroatoms. The van der Waals surface area contributed by atoms with Crippen molar-refractivity contribution in [2.45, 2.75) is 26.3 Å². The van der Waals surface area contributed by atoms with Gasteiger partial charge >= 0.3 is 0 Å². The van der Waals surface area contributed by atoms with E-state index in [1.54, 1.807) is 0 Å². The lowest BCUT2D eigenvalue weighted by Crippen LogP contribution is -2.40. The summed E-state index contributed by atoms with van der Waals surface area (Å²) in [5.74, 6) is -0.665. The zero-order valence-corrected chi connectivity index (χ0v) is 14.0. The van der Waals surface area contributed by atoms with Crippen LogP contribution in [0.1, 0.15) is 24.1 Å². The molecular formula is C18H20F2N4O. The molecule has 2 heterocycles. The van der Waals surface area contributed by atoms with Crippen molar-refractivity contribution in [3.8, 4) is 0 Å². The van der Waals surface area contributed by atoms with E-state index in [4.69, 9.17) is 0 Å². The number of rotatable bonds is 4. The highest BCUT2D eigenvalue weighted by Crippen LogP contribution is 2.22. The Balaban J connectivity index is 1.50. The normalized spacial score (nSPS) is 15.2. The number of hydrogen-bond donors (Lipinski definition) is 1. The number of anilines is 1. The molecule has 1 amide bonds. The van der Waals surface area contributed by atoms with Gasteiger partial charge in [0, 0.05) is 37.2 Å². The Hall–Kier alpha value is -2.57. The lowest BCUT2D eigenvalue weighted by molar-refractivity contribution is -0.125. The molecule has 0 saturated carbocycles. The van der Waals surface area contributed by atoms with Crippen LogP contribution in [0.25, 0.3) is 0 Å². The Morgan fingerprint density at radius 3 is 2.60 bits per heavy atom. The third-order valence-electron chi connectivity index (χ3n) is 4.44. The smallest absolute Gasteiger partial charge is 0.223 e. The van der Waals surface area contributed by atoms with Crippen molar-refractivity contribution >= 4 is 11.7 Å². The highest BCUT2D eigenvalue weighted by atomic mass is 19.1. The van der Waals surface area contributed by atoms with E-state index in [1.165, 1.54) is 12.1 Å². The quantitative estimate of drug-likeness (QED) is 0.925. The maximum Gasteiger partial charge on any atom is 0.223 e. The maximum atomic E-state index is 13.6. The Kier molecular flexibility index (Phi) is 5.21. The van der Waals surface area contributed by atoms with Crippen LogP contribution in [0, 0.1) is 24.5 Å². The first-order valence-corrected chi connectivity index (χ1v) is 8.30. The molecule has 0 aliphatic carbocycles. The molecule has 132 valence electrons. The minimum atomic E-state index is -0.645. The topological polar surface area (TPSA) is 58.1 Å². The fourth-order valence-electron chi connectivity index (χ4n) is 2.92. The molecule has 1 saturated heterocycles. The van der Waals surface area contributed by atoms with Gasteiger partial charge < -0.3 is 10.2 Å². The van der Waals surface area contributed by atoms with E-state index in [2.05, 4.69) is 20.4 Å². The fourth-order valence-corrected chi connectivity index (χ4v) is 2.92. The second kappa shape index (κ2) is 7.55. The number of hydrogen-bond acceptors (Lipinski definition) is 4. The van der Waals surface area contributed by atoms with Gasteiger partial charge in [-0.1, -0.05) is 6.07 Å². The minimum absolute atomic E-state index is 0.0641. The molecule has 2 aromatic rings. The third-order valence-corrected chi connectivity index (χ3v) is 4.44. The Labute approximate surface area is 145 Å². The minimum Gasteiger partial charge on any atom is -0.355 e. The number of nitrogens with one attached hydrogen (secondary N) is 1. The van der Waals surface area contributed by atoms with Crippen LogP contribution < -0.4 is 10.2 Å². The van der Waals surface area contributed by atoms with E-state index in [1.807, 2.05) is 19.1 Å². The lowest BCUT2D eigenvalue weighted by atomic mass is 9.96. The van der Waals surface area contributed by atoms with E-state index in [-0.39, 0.29) is 23.9 Å². The van der Waals surface area contributed by atoms with Crippen molar-refractivity contribution < 1.29 is 13.6 Å². The highest BCUT2D eigenvalue weighted by molar-refractivity contribution is 5.79. The molecule has 5 nitrogen and oxygen atoms in total. The fraction of sp³-hybridized carbons (Fsp3) is 0.389. The molecule has 0 unspecified atom stereocenters. The summed E-state index contributed by atoms with van der Waals surface area (Å²) in [4.78, 5) is 14.4. The van der Waals surface area contributed by atoms with E-state index in [0.717, 1.165) is 30.7 Å². The zero-order valence-electron chi connectivity index (χ0n) is 14.0. The zero-order chi connectivity index (χ0) is 17.8. The number of carbonyl (C=O) groups excluding carboxylic acids is 1. The first kappa shape index (κ1) is 17.3. The van der Waals surface area contributed by atoms with Crippen LogP contribution in [0.4, 0.5) is 14.6 Å². The average Bonchev–Trinajstić information content (AvgIpc) is 2.61. The molecule has 1 aromatic carbocycles. The van der Waals surface area contributed by atoms with E-state index in [0.29, 0.717) is 12.8 Å². The van der Waals surface area contributed by atoms with Crippen molar-refractivity contribution in [1.29, 1.82) is 0 Å². The largest absolute Gasteiger partial charge is 0.355 e. The summed E-state index contributed by atoms with van der Waals surface area (Å²) in [5, 5.41) is 11.0. The summed E-state index contributed by atoms with van der Waals surface area (Å²) >= 11 is 0. The second-order valence-electron chi connectivity index (χ2n) is 6.25.